The smallest absolute Gasteiger partial charge is 0.249 e. The number of aliphatic hydroxyl groups excluding tert-OH is 1. The molecule has 0 aromatic carbocycles. The molecule has 0 aliphatic heterocycles. The number of primary sulfonamides is 1. The third-order valence-electron chi connectivity index (χ3n) is 1.31. The van der Waals surface area contributed by atoms with Gasteiger partial charge in [0.05, 0.1) is 12.3 Å². The molecule has 0 saturated carbocycles. The molecule has 0 saturated heterocycles. The van der Waals surface area contributed by atoms with Gasteiger partial charge in [0.25, 0.3) is 0 Å². The van der Waals surface area contributed by atoms with E-state index in [1.807, 2.05) is 0 Å². The van der Waals surface area contributed by atoms with Crippen molar-refractivity contribution in [3.05, 3.63) is 6.20 Å². The van der Waals surface area contributed by atoms with Crippen molar-refractivity contribution in [3.63, 3.8) is 0 Å². The van der Waals surface area contributed by atoms with Crippen LogP contribution in [0.2, 0.25) is 0 Å². The van der Waals surface area contributed by atoms with Crippen LogP contribution in [0.3, 0.4) is 0 Å². The molecule has 0 spiro atoms. The second-order valence-electron chi connectivity index (χ2n) is 2.76. The van der Waals surface area contributed by atoms with Gasteiger partial charge in [-0.15, -0.1) is 0 Å². The van der Waals surface area contributed by atoms with Gasteiger partial charge < -0.3 is 10.4 Å². The minimum atomic E-state index is -3.67. The Bertz CT molecular complexity index is 398. The van der Waals surface area contributed by atoms with Gasteiger partial charge in [-0.3, -0.25) is 0 Å². The molecule has 8 heteroatoms. The molecule has 6 nitrogen and oxygen atoms in total. The number of hydrogen-bond acceptors (Lipinski definition) is 6. The normalized spacial score (nSPS) is 13.9. The Morgan fingerprint density at radius 2 is 2.43 bits per heavy atom. The Balaban J connectivity index is 2.70. The van der Waals surface area contributed by atoms with Crippen molar-refractivity contribution >= 4 is 26.5 Å². The van der Waals surface area contributed by atoms with Crippen LogP contribution in [0, 0.1) is 0 Å². The van der Waals surface area contributed by atoms with Gasteiger partial charge >= 0.3 is 0 Å². The Kier molecular flexibility index (Phi) is 3.43. The molecule has 80 valence electrons. The molecule has 1 unspecified atom stereocenters. The molecule has 1 atom stereocenters. The van der Waals surface area contributed by atoms with Gasteiger partial charge in [0.15, 0.2) is 9.34 Å². The quantitative estimate of drug-likeness (QED) is 0.659. The highest BCUT2D eigenvalue weighted by Gasteiger charge is 2.12. The molecule has 0 fully saturated rings. The topological polar surface area (TPSA) is 105 Å². The monoisotopic (exact) mass is 237 g/mol. The third kappa shape index (κ3) is 3.22. The third-order valence-corrected chi connectivity index (χ3v) is 3.68. The van der Waals surface area contributed by atoms with Gasteiger partial charge in [0, 0.05) is 6.54 Å². The van der Waals surface area contributed by atoms with E-state index in [1.54, 1.807) is 6.92 Å². The van der Waals surface area contributed by atoms with Crippen LogP contribution >= 0.6 is 11.3 Å². The lowest BCUT2D eigenvalue weighted by Gasteiger charge is -2.03. The van der Waals surface area contributed by atoms with Crippen LogP contribution in [0.4, 0.5) is 5.13 Å². The number of nitrogens with two attached hydrogens (primary N) is 1. The van der Waals surface area contributed by atoms with Crippen LogP contribution < -0.4 is 10.5 Å². The molecule has 4 N–H and O–H groups in total. The van der Waals surface area contributed by atoms with E-state index in [0.717, 1.165) is 11.3 Å². The fraction of sp³-hybridized carbons (Fsp3) is 0.500. The van der Waals surface area contributed by atoms with Crippen LogP contribution in [-0.4, -0.2) is 31.2 Å². The second kappa shape index (κ2) is 4.22. The minimum Gasteiger partial charge on any atom is -0.392 e. The molecular weight excluding hydrogens is 226 g/mol. The summed E-state index contributed by atoms with van der Waals surface area (Å²) in [7, 11) is -3.67. The lowest BCUT2D eigenvalue weighted by molar-refractivity contribution is 0.208. The Morgan fingerprint density at radius 3 is 2.86 bits per heavy atom. The molecule has 0 aliphatic rings. The Labute approximate surface area is 85.8 Å². The van der Waals surface area contributed by atoms with Crippen molar-refractivity contribution in [1.82, 2.24) is 4.98 Å². The first-order chi connectivity index (χ1) is 6.39. The zero-order valence-corrected chi connectivity index (χ0v) is 9.10. The predicted molar refractivity (Wildman–Crippen MR) is 53.7 cm³/mol. The van der Waals surface area contributed by atoms with Crippen LogP contribution in [0.15, 0.2) is 10.4 Å². The molecule has 0 aliphatic carbocycles. The largest absolute Gasteiger partial charge is 0.392 e. The van der Waals surface area contributed by atoms with Gasteiger partial charge in [-0.05, 0) is 6.92 Å². The Hall–Kier alpha value is -0.700. The summed E-state index contributed by atoms with van der Waals surface area (Å²) in [6.07, 6.45) is 0.668. The summed E-state index contributed by atoms with van der Waals surface area (Å²) in [6.45, 7) is 1.93. The highest BCUT2D eigenvalue weighted by atomic mass is 32.2. The van der Waals surface area contributed by atoms with Crippen LogP contribution in [0.1, 0.15) is 6.92 Å². The summed E-state index contributed by atoms with van der Waals surface area (Å²) in [4.78, 5) is 3.79. The van der Waals surface area contributed by atoms with E-state index in [2.05, 4.69) is 10.3 Å². The fourth-order valence-corrected chi connectivity index (χ4v) is 2.17. The molecule has 0 amide bonds. The highest BCUT2D eigenvalue weighted by molar-refractivity contribution is 7.91. The maximum absolute atomic E-state index is 10.9. The van der Waals surface area contributed by atoms with Crippen molar-refractivity contribution in [2.45, 2.75) is 17.2 Å². The van der Waals surface area contributed by atoms with Gasteiger partial charge in [0.2, 0.25) is 10.0 Å². The van der Waals surface area contributed by atoms with Crippen molar-refractivity contribution in [1.29, 1.82) is 0 Å². The van der Waals surface area contributed by atoms with Gasteiger partial charge in [-0.1, -0.05) is 11.3 Å². The number of aliphatic hydroxyl groups is 1. The van der Waals surface area contributed by atoms with Crippen molar-refractivity contribution < 1.29 is 13.5 Å². The lowest BCUT2D eigenvalue weighted by Crippen LogP contribution is -2.14. The lowest BCUT2D eigenvalue weighted by atomic mass is 10.4. The summed E-state index contributed by atoms with van der Waals surface area (Å²) < 4.78 is 21.7. The zero-order chi connectivity index (χ0) is 10.8. The summed E-state index contributed by atoms with van der Waals surface area (Å²) in [5.74, 6) is 0. The fourth-order valence-electron chi connectivity index (χ4n) is 0.708. The van der Waals surface area contributed by atoms with Gasteiger partial charge in [0.1, 0.15) is 0 Å². The maximum atomic E-state index is 10.9. The number of nitrogens with zero attached hydrogens (tertiary/aromatic N) is 1. The summed E-state index contributed by atoms with van der Waals surface area (Å²) in [5, 5.41) is 17.0. The molecule has 1 aromatic heterocycles. The molecule has 14 heavy (non-hydrogen) atoms. The average molecular weight is 237 g/mol. The van der Waals surface area contributed by atoms with Gasteiger partial charge in [-0.25, -0.2) is 18.5 Å². The number of hydrogen-bond donors (Lipinski definition) is 3. The number of nitrogens with one attached hydrogen (secondary N) is 1. The summed E-state index contributed by atoms with van der Waals surface area (Å²) in [6, 6.07) is 0. The molecular formula is C6H11N3O3S2. The van der Waals surface area contributed by atoms with E-state index < -0.39 is 16.1 Å². The number of rotatable bonds is 4. The van der Waals surface area contributed by atoms with Crippen molar-refractivity contribution in [3.8, 4) is 0 Å². The summed E-state index contributed by atoms with van der Waals surface area (Å²) in [5.41, 5.74) is 0. The van der Waals surface area contributed by atoms with Crippen LogP contribution in [-0.2, 0) is 10.0 Å². The average Bonchev–Trinajstić information content (AvgIpc) is 2.47. The molecule has 1 heterocycles. The first-order valence-electron chi connectivity index (χ1n) is 3.80. The van der Waals surface area contributed by atoms with E-state index in [9.17, 15) is 8.42 Å². The first-order valence-corrected chi connectivity index (χ1v) is 6.16. The molecule has 0 radical (unpaired) electrons. The standard InChI is InChI=1S/C6H11N3O3S2/c1-4(10)2-8-6-9-3-5(13-6)14(7,11)12/h3-4,10H,2H2,1H3,(H,8,9)(H2,7,11,12). The Morgan fingerprint density at radius 1 is 1.79 bits per heavy atom. The van der Waals surface area contributed by atoms with Gasteiger partial charge in [-0.2, -0.15) is 0 Å². The zero-order valence-electron chi connectivity index (χ0n) is 7.47. The number of sulfonamides is 1. The van der Waals surface area contributed by atoms with Crippen molar-refractivity contribution in [2.24, 2.45) is 5.14 Å². The minimum absolute atomic E-state index is 0.00518. The van der Waals surface area contributed by atoms with E-state index in [0.29, 0.717) is 11.7 Å². The molecule has 1 aromatic rings. The first kappa shape index (κ1) is 11.4. The SMILES string of the molecule is CC(O)CNc1ncc(S(N)(=O)=O)s1. The maximum Gasteiger partial charge on any atom is 0.249 e. The number of thiazole rings is 1. The van der Waals surface area contributed by atoms with E-state index in [4.69, 9.17) is 10.2 Å². The van der Waals surface area contributed by atoms with E-state index in [1.165, 1.54) is 6.20 Å². The van der Waals surface area contributed by atoms with Crippen LogP contribution in [0.5, 0.6) is 0 Å². The highest BCUT2D eigenvalue weighted by Crippen LogP contribution is 2.21. The predicted octanol–water partition coefficient (Wildman–Crippen LogP) is -0.417. The van der Waals surface area contributed by atoms with E-state index in [-0.39, 0.29) is 4.21 Å². The number of anilines is 1. The molecule has 1 rings (SSSR count). The second-order valence-corrected chi connectivity index (χ2v) is 5.58. The molecule has 0 bridgehead atoms. The van der Waals surface area contributed by atoms with Crippen LogP contribution in [0.25, 0.3) is 0 Å². The summed E-state index contributed by atoms with van der Waals surface area (Å²) >= 11 is 0.936. The van der Waals surface area contributed by atoms with E-state index >= 15 is 0 Å². The van der Waals surface area contributed by atoms with Crippen molar-refractivity contribution in [2.75, 3.05) is 11.9 Å². The number of aromatic nitrogens is 1.